The van der Waals surface area contributed by atoms with Crippen LogP contribution in [0.2, 0.25) is 0 Å². The zero-order chi connectivity index (χ0) is 7.68. The molecule has 0 saturated heterocycles. The Labute approximate surface area is 67.4 Å². The van der Waals surface area contributed by atoms with E-state index in [4.69, 9.17) is 5.11 Å². The summed E-state index contributed by atoms with van der Waals surface area (Å²) >= 11 is 1.36. The van der Waals surface area contributed by atoms with Crippen molar-refractivity contribution in [2.45, 2.75) is 6.61 Å². The second-order valence-corrected chi connectivity index (χ2v) is 2.86. The number of thiazole rings is 1. The molecule has 0 saturated carbocycles. The minimum Gasteiger partial charge on any atom is -0.390 e. The molecule has 55 valence electrons. The quantitative estimate of drug-likeness (QED) is 0.685. The van der Waals surface area contributed by atoms with E-state index in [1.165, 1.54) is 11.3 Å². The van der Waals surface area contributed by atoms with E-state index in [0.29, 0.717) is 5.69 Å². The highest BCUT2D eigenvalue weighted by molar-refractivity contribution is 7.15. The van der Waals surface area contributed by atoms with Crippen LogP contribution >= 0.6 is 11.3 Å². The summed E-state index contributed by atoms with van der Waals surface area (Å²) in [5.74, 6) is 0. The predicted molar refractivity (Wildman–Crippen MR) is 42.2 cm³/mol. The van der Waals surface area contributed by atoms with Crippen LogP contribution in [0.4, 0.5) is 0 Å². The molecule has 2 aromatic heterocycles. The lowest BCUT2D eigenvalue weighted by molar-refractivity contribution is 0.277. The number of hydrogen-bond acceptors (Lipinski definition) is 4. The van der Waals surface area contributed by atoms with Gasteiger partial charge in [0.15, 0.2) is 5.51 Å². The fraction of sp³-hybridized carbons (Fsp3) is 0.143. The highest BCUT2D eigenvalue weighted by Crippen LogP contribution is 2.14. The van der Waals surface area contributed by atoms with Gasteiger partial charge in [0.1, 0.15) is 10.3 Å². The maximum atomic E-state index is 8.75. The van der Waals surface area contributed by atoms with Gasteiger partial charge in [-0.3, -0.25) is 0 Å². The van der Waals surface area contributed by atoms with E-state index >= 15 is 0 Å². The van der Waals surface area contributed by atoms with Gasteiger partial charge < -0.3 is 5.11 Å². The second-order valence-electron chi connectivity index (χ2n) is 2.09. The molecule has 0 fully saturated rings. The first-order valence-electron chi connectivity index (χ1n) is 3.13. The van der Waals surface area contributed by atoms with Crippen LogP contribution in [0.3, 0.4) is 0 Å². The first-order chi connectivity index (χ1) is 5.40. The van der Waals surface area contributed by atoms with Crippen LogP contribution in [0.15, 0.2) is 12.1 Å². The number of rotatable bonds is 1. The van der Waals surface area contributed by atoms with Gasteiger partial charge in [-0.05, 0) is 12.1 Å². The zero-order valence-corrected chi connectivity index (χ0v) is 6.43. The van der Waals surface area contributed by atoms with Crippen molar-refractivity contribution in [3.63, 3.8) is 0 Å². The molecule has 2 heterocycles. The molecule has 0 aromatic carbocycles. The Morgan fingerprint density at radius 2 is 2.45 bits per heavy atom. The van der Waals surface area contributed by atoms with Crippen molar-refractivity contribution in [3.05, 3.63) is 23.3 Å². The normalized spacial score (nSPS) is 10.6. The van der Waals surface area contributed by atoms with E-state index < -0.39 is 0 Å². The molecule has 2 rings (SSSR count). The van der Waals surface area contributed by atoms with E-state index in [0.717, 1.165) is 10.3 Å². The van der Waals surface area contributed by atoms with Crippen molar-refractivity contribution in [2.75, 3.05) is 0 Å². The maximum Gasteiger partial charge on any atom is 0.155 e. The summed E-state index contributed by atoms with van der Waals surface area (Å²) in [6, 6.07) is 3.59. The van der Waals surface area contributed by atoms with Crippen LogP contribution < -0.4 is 0 Å². The van der Waals surface area contributed by atoms with Crippen molar-refractivity contribution < 1.29 is 5.11 Å². The Balaban J connectivity index is 2.67. The molecule has 0 amide bonds. The molecular weight excluding hydrogens is 160 g/mol. The summed E-state index contributed by atoms with van der Waals surface area (Å²) in [5, 5.41) is 8.75. The highest BCUT2D eigenvalue weighted by Gasteiger charge is 1.98. The predicted octanol–water partition coefficient (Wildman–Crippen LogP) is 0.984. The Bertz CT molecular complexity index is 371. The summed E-state index contributed by atoms with van der Waals surface area (Å²) in [5.41, 5.74) is 4.25. The minimum absolute atomic E-state index is 0.0200. The third kappa shape index (κ3) is 1.10. The minimum atomic E-state index is -0.0200. The Kier molecular flexibility index (Phi) is 1.56. The standard InChI is InChI=1S/C7H5N2OS/c10-3-5-1-2-6-7(9-5)11-4-8-6/h1-2,10H,3H2. The lowest BCUT2D eigenvalue weighted by Crippen LogP contribution is -1.86. The molecule has 0 spiro atoms. The Hall–Kier alpha value is -1.00. The molecule has 2 aromatic rings. The van der Waals surface area contributed by atoms with Crippen molar-refractivity contribution in [2.24, 2.45) is 0 Å². The van der Waals surface area contributed by atoms with Gasteiger partial charge >= 0.3 is 0 Å². The molecule has 0 aliphatic heterocycles. The summed E-state index contributed by atoms with van der Waals surface area (Å²) in [4.78, 5) is 8.90. The zero-order valence-electron chi connectivity index (χ0n) is 5.61. The van der Waals surface area contributed by atoms with Gasteiger partial charge in [-0.2, -0.15) is 0 Å². The number of hydrogen-bond donors (Lipinski definition) is 1. The van der Waals surface area contributed by atoms with E-state index in [2.05, 4.69) is 15.5 Å². The molecule has 0 aliphatic carbocycles. The van der Waals surface area contributed by atoms with Crippen LogP contribution in [0.1, 0.15) is 5.69 Å². The number of aliphatic hydroxyl groups is 1. The average Bonchev–Trinajstić information content (AvgIpc) is 2.50. The molecule has 0 atom stereocenters. The third-order valence-corrected chi connectivity index (χ3v) is 2.04. The molecule has 4 heteroatoms. The lowest BCUT2D eigenvalue weighted by Gasteiger charge is -1.92. The summed E-state index contributed by atoms with van der Waals surface area (Å²) in [6.07, 6.45) is 0. The first-order valence-corrected chi connectivity index (χ1v) is 3.95. The van der Waals surface area contributed by atoms with Gasteiger partial charge in [-0.25, -0.2) is 9.97 Å². The first kappa shape index (κ1) is 6.69. The Morgan fingerprint density at radius 1 is 1.55 bits per heavy atom. The molecule has 1 N–H and O–H groups in total. The summed E-state index contributed by atoms with van der Waals surface area (Å²) in [7, 11) is 0. The number of aromatic nitrogens is 2. The van der Waals surface area contributed by atoms with Gasteiger partial charge in [0.25, 0.3) is 0 Å². The van der Waals surface area contributed by atoms with E-state index in [-0.39, 0.29) is 6.61 Å². The molecule has 0 unspecified atom stereocenters. The van der Waals surface area contributed by atoms with Crippen LogP contribution in [-0.4, -0.2) is 15.1 Å². The topological polar surface area (TPSA) is 46.0 Å². The largest absolute Gasteiger partial charge is 0.390 e. The van der Waals surface area contributed by atoms with Gasteiger partial charge in [0.2, 0.25) is 0 Å². The molecule has 3 nitrogen and oxygen atoms in total. The molecule has 0 aliphatic rings. The third-order valence-electron chi connectivity index (χ3n) is 1.37. The Morgan fingerprint density at radius 3 is 3.27 bits per heavy atom. The van der Waals surface area contributed by atoms with E-state index in [9.17, 15) is 0 Å². The second kappa shape index (κ2) is 2.56. The molecular formula is C7H5N2OS. The van der Waals surface area contributed by atoms with Crippen LogP contribution in [-0.2, 0) is 6.61 Å². The van der Waals surface area contributed by atoms with Gasteiger partial charge in [-0.15, -0.1) is 0 Å². The SMILES string of the molecule is OCc1ccc2n[c]sc2n1. The number of aliphatic hydroxyl groups excluding tert-OH is 1. The van der Waals surface area contributed by atoms with Crippen molar-refractivity contribution in [3.8, 4) is 0 Å². The van der Waals surface area contributed by atoms with Crippen LogP contribution in [0.5, 0.6) is 0 Å². The summed E-state index contributed by atoms with van der Waals surface area (Å²) in [6.45, 7) is -0.0200. The molecule has 11 heavy (non-hydrogen) atoms. The summed E-state index contributed by atoms with van der Waals surface area (Å²) < 4.78 is 0. The monoisotopic (exact) mass is 165 g/mol. The lowest BCUT2D eigenvalue weighted by atomic mass is 10.3. The fourth-order valence-electron chi connectivity index (χ4n) is 0.835. The van der Waals surface area contributed by atoms with E-state index in [1.807, 2.05) is 6.07 Å². The van der Waals surface area contributed by atoms with Crippen LogP contribution in [0, 0.1) is 5.51 Å². The van der Waals surface area contributed by atoms with Crippen molar-refractivity contribution in [1.82, 2.24) is 9.97 Å². The number of pyridine rings is 1. The average molecular weight is 165 g/mol. The molecule has 1 radical (unpaired) electrons. The number of nitrogens with zero attached hydrogens (tertiary/aromatic N) is 2. The van der Waals surface area contributed by atoms with Crippen molar-refractivity contribution >= 4 is 21.7 Å². The maximum absolute atomic E-state index is 8.75. The van der Waals surface area contributed by atoms with Gasteiger partial charge in [0.05, 0.1) is 12.3 Å². The van der Waals surface area contributed by atoms with E-state index in [1.54, 1.807) is 6.07 Å². The van der Waals surface area contributed by atoms with Crippen LogP contribution in [0.25, 0.3) is 10.3 Å². The highest BCUT2D eigenvalue weighted by atomic mass is 32.1. The van der Waals surface area contributed by atoms with Crippen molar-refractivity contribution in [1.29, 1.82) is 0 Å². The van der Waals surface area contributed by atoms with Gasteiger partial charge in [0, 0.05) is 0 Å². The smallest absolute Gasteiger partial charge is 0.155 e. The van der Waals surface area contributed by atoms with Gasteiger partial charge in [-0.1, -0.05) is 11.3 Å². The fourth-order valence-corrected chi connectivity index (χ4v) is 1.45. The number of fused-ring (bicyclic) bond motifs is 1. The molecule has 0 bridgehead atoms.